The summed E-state index contributed by atoms with van der Waals surface area (Å²) in [4.78, 5) is 28.1. The summed E-state index contributed by atoms with van der Waals surface area (Å²) in [6.45, 7) is 1.82. The maximum absolute atomic E-state index is 13.9. The third-order valence-corrected chi connectivity index (χ3v) is 7.73. The van der Waals surface area contributed by atoms with Gasteiger partial charge in [-0.2, -0.15) is 5.26 Å². The van der Waals surface area contributed by atoms with Crippen molar-refractivity contribution < 1.29 is 4.79 Å². The van der Waals surface area contributed by atoms with E-state index in [0.29, 0.717) is 29.6 Å². The van der Waals surface area contributed by atoms with Crippen molar-refractivity contribution in [3.63, 3.8) is 0 Å². The maximum atomic E-state index is 13.9. The highest BCUT2D eigenvalue weighted by atomic mass is 35.5. The minimum atomic E-state index is -0.241. The number of halogens is 2. The van der Waals surface area contributed by atoms with Crippen molar-refractivity contribution in [2.45, 2.75) is 57.0 Å². The molecule has 6 nitrogen and oxygen atoms in total. The standard InChI is InChI=1S/C26H30Cl2N4O2/c1-31-11-8-18(14-24(31)33)21-7-10-30-15-22(21)26(34)32(20-5-6-20)16-19-12-17(4-2-3-9-29)13-23(27)25(19)28/h8,11-14,20-22,30H,2-7,10,15-16H2,1H3/t21-,22+/m0/s1. The Morgan fingerprint density at radius 3 is 2.76 bits per heavy atom. The predicted molar refractivity (Wildman–Crippen MR) is 134 cm³/mol. The van der Waals surface area contributed by atoms with Crippen molar-refractivity contribution in [3.05, 3.63) is 67.6 Å². The molecule has 1 aromatic heterocycles. The number of pyridine rings is 1. The molecule has 180 valence electrons. The van der Waals surface area contributed by atoms with Gasteiger partial charge >= 0.3 is 0 Å². The highest BCUT2D eigenvalue weighted by molar-refractivity contribution is 6.42. The van der Waals surface area contributed by atoms with Gasteiger partial charge in [-0.3, -0.25) is 9.59 Å². The number of carbonyl (C=O) groups is 1. The quantitative estimate of drug-likeness (QED) is 0.544. The van der Waals surface area contributed by atoms with Crippen LogP contribution in [0.15, 0.2) is 35.3 Å². The lowest BCUT2D eigenvalue weighted by atomic mass is 9.80. The maximum Gasteiger partial charge on any atom is 0.250 e. The molecule has 1 N–H and O–H groups in total. The Morgan fingerprint density at radius 1 is 1.26 bits per heavy atom. The summed E-state index contributed by atoms with van der Waals surface area (Å²) in [6.07, 6.45) is 6.53. The Labute approximate surface area is 210 Å². The van der Waals surface area contributed by atoms with Gasteiger partial charge in [-0.25, -0.2) is 0 Å². The van der Waals surface area contributed by atoms with Crippen molar-refractivity contribution in [3.8, 4) is 6.07 Å². The van der Waals surface area contributed by atoms with Crippen molar-refractivity contribution in [1.82, 2.24) is 14.8 Å². The van der Waals surface area contributed by atoms with Crippen LogP contribution in [-0.4, -0.2) is 34.5 Å². The van der Waals surface area contributed by atoms with Crippen molar-refractivity contribution >= 4 is 29.1 Å². The number of aryl methyl sites for hydroxylation is 2. The van der Waals surface area contributed by atoms with Gasteiger partial charge < -0.3 is 14.8 Å². The van der Waals surface area contributed by atoms with Gasteiger partial charge in [0.05, 0.1) is 22.0 Å². The molecule has 2 fully saturated rings. The highest BCUT2D eigenvalue weighted by Gasteiger charge is 2.40. The topological polar surface area (TPSA) is 78.1 Å². The van der Waals surface area contributed by atoms with E-state index in [0.717, 1.165) is 55.3 Å². The first-order valence-corrected chi connectivity index (χ1v) is 12.7. The van der Waals surface area contributed by atoms with E-state index < -0.39 is 0 Å². The number of hydrogen-bond donors (Lipinski definition) is 1. The summed E-state index contributed by atoms with van der Waals surface area (Å²) in [5.41, 5.74) is 2.74. The molecule has 2 atom stereocenters. The third-order valence-electron chi connectivity index (χ3n) is 6.88. The number of nitrogens with one attached hydrogen (secondary N) is 1. The van der Waals surface area contributed by atoms with Gasteiger partial charge in [0.15, 0.2) is 0 Å². The number of carbonyl (C=O) groups excluding carboxylic acids is 1. The Morgan fingerprint density at radius 2 is 2.06 bits per heavy atom. The van der Waals surface area contributed by atoms with E-state index in [1.54, 1.807) is 23.9 Å². The predicted octanol–water partition coefficient (Wildman–Crippen LogP) is 4.42. The summed E-state index contributed by atoms with van der Waals surface area (Å²) in [5, 5.41) is 13.2. The number of benzene rings is 1. The zero-order chi connectivity index (χ0) is 24.2. The summed E-state index contributed by atoms with van der Waals surface area (Å²) >= 11 is 13.0. The summed E-state index contributed by atoms with van der Waals surface area (Å²) in [6, 6.07) is 9.87. The molecule has 2 aliphatic rings. The normalized spacial score (nSPS) is 20.1. The first-order chi connectivity index (χ1) is 16.4. The lowest BCUT2D eigenvalue weighted by Crippen LogP contribution is -2.47. The SMILES string of the molecule is Cn1ccc([C@@H]2CCNC[C@H]2C(=O)N(Cc2cc(CCCC#N)cc(Cl)c2Cl)C2CC2)cc1=O. The fourth-order valence-corrected chi connectivity index (χ4v) is 5.25. The molecule has 0 bridgehead atoms. The van der Waals surface area contributed by atoms with Crippen LogP contribution in [0.4, 0.5) is 0 Å². The first kappa shape index (κ1) is 24.8. The number of rotatable bonds is 8. The monoisotopic (exact) mass is 500 g/mol. The highest BCUT2D eigenvalue weighted by Crippen LogP contribution is 2.37. The largest absolute Gasteiger partial charge is 0.335 e. The van der Waals surface area contributed by atoms with Crippen LogP contribution in [0.25, 0.3) is 0 Å². The molecule has 1 aliphatic heterocycles. The minimum Gasteiger partial charge on any atom is -0.335 e. The van der Waals surface area contributed by atoms with Gasteiger partial charge in [0.1, 0.15) is 0 Å². The number of unbranched alkanes of at least 4 members (excludes halogenated alkanes) is 1. The molecule has 1 saturated heterocycles. The Kier molecular flexibility index (Phi) is 7.98. The molecule has 1 aliphatic carbocycles. The molecule has 1 saturated carbocycles. The van der Waals surface area contributed by atoms with Crippen LogP contribution in [0.1, 0.15) is 54.7 Å². The van der Waals surface area contributed by atoms with E-state index in [-0.39, 0.29) is 29.3 Å². The zero-order valence-electron chi connectivity index (χ0n) is 19.4. The average molecular weight is 501 g/mol. The van der Waals surface area contributed by atoms with Crippen LogP contribution in [0.5, 0.6) is 0 Å². The molecule has 1 amide bonds. The number of nitrogens with zero attached hydrogens (tertiary/aromatic N) is 3. The fourth-order valence-electron chi connectivity index (χ4n) is 4.82. The second-order valence-electron chi connectivity index (χ2n) is 9.37. The van der Waals surface area contributed by atoms with Crippen molar-refractivity contribution in [2.24, 2.45) is 13.0 Å². The molecule has 34 heavy (non-hydrogen) atoms. The van der Waals surface area contributed by atoms with E-state index in [4.69, 9.17) is 28.5 Å². The van der Waals surface area contributed by atoms with Gasteiger partial charge in [-0.1, -0.05) is 29.3 Å². The van der Waals surface area contributed by atoms with E-state index in [1.807, 2.05) is 23.1 Å². The zero-order valence-corrected chi connectivity index (χ0v) is 20.9. The van der Waals surface area contributed by atoms with Crippen LogP contribution in [0, 0.1) is 17.2 Å². The van der Waals surface area contributed by atoms with Crippen LogP contribution >= 0.6 is 23.2 Å². The lowest BCUT2D eigenvalue weighted by molar-refractivity contribution is -0.138. The van der Waals surface area contributed by atoms with E-state index in [1.165, 1.54) is 0 Å². The van der Waals surface area contributed by atoms with E-state index in [9.17, 15) is 9.59 Å². The van der Waals surface area contributed by atoms with Crippen LogP contribution < -0.4 is 10.9 Å². The van der Waals surface area contributed by atoms with Gasteiger partial charge in [-0.15, -0.1) is 0 Å². The molecule has 4 rings (SSSR count). The Bertz CT molecular complexity index is 1150. The third kappa shape index (κ3) is 5.66. The second kappa shape index (κ2) is 10.9. The van der Waals surface area contributed by atoms with Gasteiger partial charge in [0.2, 0.25) is 5.91 Å². The Balaban J connectivity index is 1.58. The van der Waals surface area contributed by atoms with Crippen molar-refractivity contribution in [2.75, 3.05) is 13.1 Å². The van der Waals surface area contributed by atoms with Crippen LogP contribution in [0.2, 0.25) is 10.0 Å². The van der Waals surface area contributed by atoms with Gasteiger partial charge in [-0.05, 0) is 73.4 Å². The number of piperidine rings is 1. The first-order valence-electron chi connectivity index (χ1n) is 11.9. The number of aromatic nitrogens is 1. The Hall–Kier alpha value is -2.33. The molecule has 0 radical (unpaired) electrons. The number of hydrogen-bond acceptors (Lipinski definition) is 4. The number of amides is 1. The summed E-state index contributed by atoms with van der Waals surface area (Å²) < 4.78 is 1.55. The fraction of sp³-hybridized carbons (Fsp3) is 0.500. The van der Waals surface area contributed by atoms with Crippen LogP contribution in [0.3, 0.4) is 0 Å². The van der Waals surface area contributed by atoms with Crippen LogP contribution in [-0.2, 0) is 24.8 Å². The molecule has 2 aromatic rings. The van der Waals surface area contributed by atoms with Gasteiger partial charge in [0, 0.05) is 44.9 Å². The molecular formula is C26H30Cl2N4O2. The minimum absolute atomic E-state index is 0.000256. The van der Waals surface area contributed by atoms with E-state index in [2.05, 4.69) is 11.4 Å². The molecule has 8 heteroatoms. The smallest absolute Gasteiger partial charge is 0.250 e. The van der Waals surface area contributed by atoms with Gasteiger partial charge in [0.25, 0.3) is 5.56 Å². The van der Waals surface area contributed by atoms with E-state index >= 15 is 0 Å². The molecular weight excluding hydrogens is 471 g/mol. The molecule has 0 unspecified atom stereocenters. The second-order valence-corrected chi connectivity index (χ2v) is 10.2. The molecule has 2 heterocycles. The average Bonchev–Trinajstić information content (AvgIpc) is 3.67. The summed E-state index contributed by atoms with van der Waals surface area (Å²) in [5.74, 6) is -0.141. The summed E-state index contributed by atoms with van der Waals surface area (Å²) in [7, 11) is 1.73. The molecule has 0 spiro atoms. The lowest BCUT2D eigenvalue weighted by Gasteiger charge is -2.36. The molecule has 1 aromatic carbocycles. The number of nitriles is 1. The van der Waals surface area contributed by atoms with Crippen molar-refractivity contribution in [1.29, 1.82) is 5.26 Å².